The number of hydrazone groups is 1. The van der Waals surface area contributed by atoms with Crippen molar-refractivity contribution in [1.29, 1.82) is 0 Å². The van der Waals surface area contributed by atoms with E-state index >= 15 is 0 Å². The van der Waals surface area contributed by atoms with Crippen LogP contribution in [0, 0.1) is 12.8 Å². The third-order valence-corrected chi connectivity index (χ3v) is 5.29. The Labute approximate surface area is 158 Å². The average molecular weight is 375 g/mol. The number of fused-ring (bicyclic) bond motifs is 3. The first-order chi connectivity index (χ1) is 11.9. The van der Waals surface area contributed by atoms with Crippen LogP contribution < -0.4 is 4.74 Å². The van der Waals surface area contributed by atoms with Crippen molar-refractivity contribution < 1.29 is 4.74 Å². The Kier molecular flexibility index (Phi) is 4.17. The lowest BCUT2D eigenvalue weighted by atomic mass is 9.95. The lowest BCUT2D eigenvalue weighted by Crippen LogP contribution is -2.43. The molecule has 4 rings (SSSR count). The Balaban J connectivity index is 1.78. The van der Waals surface area contributed by atoms with Crippen LogP contribution in [0.25, 0.3) is 0 Å². The summed E-state index contributed by atoms with van der Waals surface area (Å²) in [5.74, 6) is 1.02. The number of hydrogen-bond acceptors (Lipinski definition) is 3. The van der Waals surface area contributed by atoms with Crippen molar-refractivity contribution in [2.45, 2.75) is 39.5 Å². The molecule has 2 aromatic carbocycles. The number of hydrogen-bond donors (Lipinski definition) is 0. The zero-order chi connectivity index (χ0) is 17.7. The van der Waals surface area contributed by atoms with Gasteiger partial charge in [0.1, 0.15) is 5.75 Å². The molecule has 0 saturated carbocycles. The standard InChI is InChI=1S/C20H20Cl2N2O/c1-11(2)20-24-18(15-8-14(21)9-16(22)19(15)25-20)10-17(23-24)13-6-4-12(3)5-7-13/h4-9,11,18,20H,10H2,1-3H3/t18-,20-/m1/s1. The fourth-order valence-electron chi connectivity index (χ4n) is 3.50. The summed E-state index contributed by atoms with van der Waals surface area (Å²) in [6.07, 6.45) is 0.679. The Morgan fingerprint density at radius 2 is 1.88 bits per heavy atom. The molecule has 25 heavy (non-hydrogen) atoms. The summed E-state index contributed by atoms with van der Waals surface area (Å²) in [5.41, 5.74) is 4.48. The average Bonchev–Trinajstić information content (AvgIpc) is 3.00. The van der Waals surface area contributed by atoms with Gasteiger partial charge in [-0.05, 0) is 24.6 Å². The van der Waals surface area contributed by atoms with Gasteiger partial charge in [0.25, 0.3) is 0 Å². The number of nitrogens with zero attached hydrogens (tertiary/aromatic N) is 2. The van der Waals surface area contributed by atoms with Crippen LogP contribution in [0.15, 0.2) is 41.5 Å². The maximum absolute atomic E-state index is 6.41. The Morgan fingerprint density at radius 1 is 1.16 bits per heavy atom. The molecule has 130 valence electrons. The summed E-state index contributed by atoms with van der Waals surface area (Å²) in [7, 11) is 0. The molecule has 0 amide bonds. The van der Waals surface area contributed by atoms with Gasteiger partial charge >= 0.3 is 0 Å². The van der Waals surface area contributed by atoms with Gasteiger partial charge in [-0.25, -0.2) is 5.01 Å². The maximum atomic E-state index is 6.41. The molecule has 2 heterocycles. The first kappa shape index (κ1) is 16.7. The van der Waals surface area contributed by atoms with Crippen LogP contribution in [0.2, 0.25) is 10.0 Å². The zero-order valence-corrected chi connectivity index (χ0v) is 16.0. The monoisotopic (exact) mass is 374 g/mol. The molecule has 0 bridgehead atoms. The van der Waals surface area contributed by atoms with Crippen molar-refractivity contribution in [3.05, 3.63) is 63.1 Å². The number of rotatable bonds is 2. The molecule has 0 unspecified atom stereocenters. The molecule has 0 radical (unpaired) electrons. The molecule has 0 N–H and O–H groups in total. The van der Waals surface area contributed by atoms with Gasteiger partial charge in [0.05, 0.1) is 16.8 Å². The second-order valence-corrected chi connectivity index (χ2v) is 7.91. The van der Waals surface area contributed by atoms with Crippen molar-refractivity contribution in [3.63, 3.8) is 0 Å². The summed E-state index contributed by atoms with van der Waals surface area (Å²) >= 11 is 12.7. The minimum Gasteiger partial charge on any atom is -0.467 e. The first-order valence-corrected chi connectivity index (χ1v) is 9.28. The molecule has 0 spiro atoms. The summed E-state index contributed by atoms with van der Waals surface area (Å²) in [4.78, 5) is 0. The van der Waals surface area contributed by atoms with Crippen molar-refractivity contribution >= 4 is 28.9 Å². The predicted molar refractivity (Wildman–Crippen MR) is 103 cm³/mol. The van der Waals surface area contributed by atoms with E-state index in [9.17, 15) is 0 Å². The van der Waals surface area contributed by atoms with Gasteiger partial charge in [0, 0.05) is 22.9 Å². The van der Waals surface area contributed by atoms with Crippen molar-refractivity contribution in [1.82, 2.24) is 5.01 Å². The van der Waals surface area contributed by atoms with Gasteiger partial charge in [-0.1, -0.05) is 66.9 Å². The molecule has 2 aliphatic rings. The smallest absolute Gasteiger partial charge is 0.190 e. The second-order valence-electron chi connectivity index (χ2n) is 7.07. The summed E-state index contributed by atoms with van der Waals surface area (Å²) in [6, 6.07) is 12.3. The van der Waals surface area contributed by atoms with E-state index in [2.05, 4.69) is 50.0 Å². The number of halogens is 2. The molecule has 3 nitrogen and oxygen atoms in total. The van der Waals surface area contributed by atoms with Crippen molar-refractivity contribution in [2.24, 2.45) is 11.0 Å². The van der Waals surface area contributed by atoms with E-state index in [1.165, 1.54) is 5.56 Å². The molecule has 2 aliphatic heterocycles. The third-order valence-electron chi connectivity index (χ3n) is 4.79. The van der Waals surface area contributed by atoms with E-state index in [4.69, 9.17) is 33.0 Å². The van der Waals surface area contributed by atoms with Crippen LogP contribution in [0.4, 0.5) is 0 Å². The van der Waals surface area contributed by atoms with Crippen LogP contribution in [0.5, 0.6) is 5.75 Å². The summed E-state index contributed by atoms with van der Waals surface area (Å²) in [5, 5.41) is 8.18. The van der Waals surface area contributed by atoms with Gasteiger partial charge in [0.15, 0.2) is 6.23 Å². The molecule has 5 heteroatoms. The molecule has 0 aromatic heterocycles. The van der Waals surface area contributed by atoms with Crippen LogP contribution >= 0.6 is 23.2 Å². The van der Waals surface area contributed by atoms with Gasteiger partial charge in [-0.3, -0.25) is 0 Å². The SMILES string of the molecule is Cc1ccc(C2=NN3[C@H](C2)c2cc(Cl)cc(Cl)c2O[C@@H]3C(C)C)cc1. The zero-order valence-electron chi connectivity index (χ0n) is 14.5. The van der Waals surface area contributed by atoms with E-state index in [1.807, 2.05) is 6.07 Å². The normalized spacial score (nSPS) is 21.7. The van der Waals surface area contributed by atoms with E-state index in [0.29, 0.717) is 10.0 Å². The van der Waals surface area contributed by atoms with Crippen molar-refractivity contribution in [2.75, 3.05) is 0 Å². The lowest BCUT2D eigenvalue weighted by molar-refractivity contribution is -0.0460. The van der Waals surface area contributed by atoms with Crippen LogP contribution in [0.1, 0.15) is 43.0 Å². The second kappa shape index (κ2) is 6.22. The van der Waals surface area contributed by atoms with Gasteiger partial charge in [0.2, 0.25) is 0 Å². The van der Waals surface area contributed by atoms with Crippen LogP contribution in [-0.4, -0.2) is 16.9 Å². The summed E-state index contributed by atoms with van der Waals surface area (Å²) in [6.45, 7) is 6.36. The lowest BCUT2D eigenvalue weighted by Gasteiger charge is -2.40. The minimum atomic E-state index is -0.140. The predicted octanol–water partition coefficient (Wildman–Crippen LogP) is 5.83. The Morgan fingerprint density at radius 3 is 2.56 bits per heavy atom. The molecule has 0 fully saturated rings. The largest absolute Gasteiger partial charge is 0.467 e. The highest BCUT2D eigenvalue weighted by Gasteiger charge is 2.42. The molecular weight excluding hydrogens is 355 g/mol. The Bertz CT molecular complexity index is 846. The quantitative estimate of drug-likeness (QED) is 0.660. The highest BCUT2D eigenvalue weighted by molar-refractivity contribution is 6.35. The molecule has 2 atom stereocenters. The number of aryl methyl sites for hydroxylation is 1. The number of benzene rings is 2. The van der Waals surface area contributed by atoms with Crippen molar-refractivity contribution in [3.8, 4) is 5.75 Å². The van der Waals surface area contributed by atoms with Gasteiger partial charge < -0.3 is 4.74 Å². The van der Waals surface area contributed by atoms with E-state index in [0.717, 1.165) is 29.0 Å². The molecule has 0 saturated heterocycles. The molecule has 0 aliphatic carbocycles. The van der Waals surface area contributed by atoms with Gasteiger partial charge in [-0.15, -0.1) is 0 Å². The molecular formula is C20H20Cl2N2O. The fraction of sp³-hybridized carbons (Fsp3) is 0.350. The fourth-order valence-corrected chi connectivity index (χ4v) is 4.06. The highest BCUT2D eigenvalue weighted by atomic mass is 35.5. The Hall–Kier alpha value is -1.71. The van der Waals surface area contributed by atoms with E-state index in [-0.39, 0.29) is 18.2 Å². The van der Waals surface area contributed by atoms with E-state index < -0.39 is 0 Å². The van der Waals surface area contributed by atoms with E-state index in [1.54, 1.807) is 6.07 Å². The highest BCUT2D eigenvalue weighted by Crippen LogP contribution is 2.48. The molecule has 2 aromatic rings. The van der Waals surface area contributed by atoms with Crippen LogP contribution in [0.3, 0.4) is 0 Å². The maximum Gasteiger partial charge on any atom is 0.190 e. The minimum absolute atomic E-state index is 0.101. The summed E-state index contributed by atoms with van der Waals surface area (Å²) < 4.78 is 6.22. The first-order valence-electron chi connectivity index (χ1n) is 8.52. The topological polar surface area (TPSA) is 24.8 Å². The van der Waals surface area contributed by atoms with Gasteiger partial charge in [-0.2, -0.15) is 5.10 Å². The van der Waals surface area contributed by atoms with Crippen LogP contribution in [-0.2, 0) is 0 Å². The third kappa shape index (κ3) is 2.90. The number of ether oxygens (including phenoxy) is 1.